The summed E-state index contributed by atoms with van der Waals surface area (Å²) < 4.78 is 13.5. The van der Waals surface area contributed by atoms with Crippen LogP contribution in [0, 0.1) is 24.2 Å². The molecule has 0 spiro atoms. The van der Waals surface area contributed by atoms with Gasteiger partial charge < -0.3 is 9.16 Å². The first-order chi connectivity index (χ1) is 11.5. The summed E-state index contributed by atoms with van der Waals surface area (Å²) in [7, 11) is -1.95. The first-order valence-corrected chi connectivity index (χ1v) is 11.4. The summed E-state index contributed by atoms with van der Waals surface area (Å²) in [4.78, 5) is 25.8. The largest absolute Gasteiger partial charge is 0.414 e. The monoisotopic (exact) mass is 365 g/mol. The van der Waals surface area contributed by atoms with E-state index >= 15 is 0 Å². The van der Waals surface area contributed by atoms with Crippen molar-refractivity contribution < 1.29 is 9.16 Å². The SMILES string of the molecule is Cc1cn([C@H]2C[C@H](C#N)[C@@H](CO[Si](C)(C)C(C)(C)C)O2)c(=O)[nH]c1=O. The molecule has 0 bridgehead atoms. The maximum atomic E-state index is 12.0. The van der Waals surface area contributed by atoms with E-state index in [1.807, 2.05) is 0 Å². The van der Waals surface area contributed by atoms with Gasteiger partial charge in [0, 0.05) is 18.2 Å². The quantitative estimate of drug-likeness (QED) is 0.826. The first kappa shape index (κ1) is 19.6. The van der Waals surface area contributed by atoms with Crippen LogP contribution < -0.4 is 11.2 Å². The van der Waals surface area contributed by atoms with Crippen molar-refractivity contribution in [1.29, 1.82) is 5.26 Å². The molecule has 1 N–H and O–H groups in total. The van der Waals surface area contributed by atoms with Gasteiger partial charge in [-0.15, -0.1) is 0 Å². The van der Waals surface area contributed by atoms with Crippen LogP contribution in [0.5, 0.6) is 0 Å². The van der Waals surface area contributed by atoms with Crippen LogP contribution in [-0.2, 0) is 9.16 Å². The number of hydrogen-bond acceptors (Lipinski definition) is 5. The average Bonchev–Trinajstić information content (AvgIpc) is 2.91. The molecule has 0 aromatic carbocycles. The third-order valence-corrected chi connectivity index (χ3v) is 9.77. The van der Waals surface area contributed by atoms with Crippen molar-refractivity contribution in [3.63, 3.8) is 0 Å². The topological polar surface area (TPSA) is 97.1 Å². The zero-order chi connectivity index (χ0) is 19.0. The molecule has 138 valence electrons. The summed E-state index contributed by atoms with van der Waals surface area (Å²) in [5, 5.41) is 9.51. The molecule has 0 radical (unpaired) electrons. The summed E-state index contributed by atoms with van der Waals surface area (Å²) >= 11 is 0. The molecule has 1 fully saturated rings. The van der Waals surface area contributed by atoms with Gasteiger partial charge in [0.05, 0.1) is 24.7 Å². The van der Waals surface area contributed by atoms with Crippen LogP contribution in [0.4, 0.5) is 0 Å². The molecule has 3 atom stereocenters. The van der Waals surface area contributed by atoms with Gasteiger partial charge in [-0.2, -0.15) is 5.26 Å². The molecule has 1 saturated heterocycles. The number of aromatic nitrogens is 2. The Bertz CT molecular complexity index is 785. The maximum Gasteiger partial charge on any atom is 0.330 e. The lowest BCUT2D eigenvalue weighted by molar-refractivity contribution is -0.0265. The molecular formula is C17H27N3O4Si. The molecule has 0 saturated carbocycles. The van der Waals surface area contributed by atoms with Gasteiger partial charge in [-0.3, -0.25) is 14.3 Å². The minimum Gasteiger partial charge on any atom is -0.414 e. The number of hydrogen-bond donors (Lipinski definition) is 1. The molecule has 7 nitrogen and oxygen atoms in total. The number of nitrogens with zero attached hydrogens (tertiary/aromatic N) is 2. The maximum absolute atomic E-state index is 12.0. The Hall–Kier alpha value is -1.69. The van der Waals surface area contributed by atoms with Gasteiger partial charge in [0.1, 0.15) is 6.23 Å². The first-order valence-electron chi connectivity index (χ1n) is 8.47. The van der Waals surface area contributed by atoms with Gasteiger partial charge in [0.2, 0.25) is 0 Å². The fraction of sp³-hybridized carbons (Fsp3) is 0.706. The third kappa shape index (κ3) is 4.11. The lowest BCUT2D eigenvalue weighted by Crippen LogP contribution is -2.43. The average molecular weight is 366 g/mol. The van der Waals surface area contributed by atoms with Crippen LogP contribution in [0.15, 0.2) is 15.8 Å². The second kappa shape index (κ2) is 6.90. The minimum absolute atomic E-state index is 0.0696. The predicted octanol–water partition coefficient (Wildman–Crippen LogP) is 2.29. The van der Waals surface area contributed by atoms with Crippen LogP contribution in [-0.4, -0.2) is 30.6 Å². The second-order valence-electron chi connectivity index (χ2n) is 8.15. The van der Waals surface area contributed by atoms with E-state index in [4.69, 9.17) is 9.16 Å². The summed E-state index contributed by atoms with van der Waals surface area (Å²) in [6, 6.07) is 2.26. The number of aromatic amines is 1. The molecule has 1 aliphatic heterocycles. The molecule has 8 heteroatoms. The number of H-pyrrole nitrogens is 1. The van der Waals surface area contributed by atoms with E-state index in [0.29, 0.717) is 18.6 Å². The Morgan fingerprint density at radius 3 is 2.64 bits per heavy atom. The molecule has 1 aromatic heterocycles. The molecule has 2 rings (SSSR count). The van der Waals surface area contributed by atoms with Crippen LogP contribution in [0.2, 0.25) is 18.1 Å². The summed E-state index contributed by atoms with van der Waals surface area (Å²) in [5.41, 5.74) is -0.505. The van der Waals surface area contributed by atoms with Gasteiger partial charge in [-0.05, 0) is 25.1 Å². The van der Waals surface area contributed by atoms with E-state index in [1.165, 1.54) is 10.8 Å². The molecule has 0 amide bonds. The third-order valence-electron chi connectivity index (χ3n) is 5.27. The molecule has 2 heterocycles. The zero-order valence-electron chi connectivity index (χ0n) is 15.8. The normalized spacial score (nSPS) is 24.3. The van der Waals surface area contributed by atoms with E-state index in [1.54, 1.807) is 6.92 Å². The molecule has 1 aromatic rings. The Balaban J connectivity index is 2.16. The fourth-order valence-electron chi connectivity index (χ4n) is 2.50. The van der Waals surface area contributed by atoms with Crippen molar-refractivity contribution >= 4 is 8.32 Å². The van der Waals surface area contributed by atoms with Gasteiger partial charge in [0.25, 0.3) is 5.56 Å². The zero-order valence-corrected chi connectivity index (χ0v) is 16.8. The molecular weight excluding hydrogens is 338 g/mol. The lowest BCUT2D eigenvalue weighted by Gasteiger charge is -2.37. The summed E-state index contributed by atoms with van der Waals surface area (Å²) in [6.07, 6.45) is 0.925. The molecule has 0 unspecified atom stereocenters. The van der Waals surface area contributed by atoms with Gasteiger partial charge in [-0.1, -0.05) is 20.8 Å². The van der Waals surface area contributed by atoms with Crippen molar-refractivity contribution in [3.8, 4) is 6.07 Å². The number of aryl methyl sites for hydroxylation is 1. The number of nitriles is 1. The smallest absolute Gasteiger partial charge is 0.330 e. The summed E-state index contributed by atoms with van der Waals surface area (Å²) in [6.45, 7) is 12.7. The molecule has 25 heavy (non-hydrogen) atoms. The Labute approximate surface area is 148 Å². The van der Waals surface area contributed by atoms with Gasteiger partial charge in [0.15, 0.2) is 8.32 Å². The van der Waals surface area contributed by atoms with Crippen LogP contribution in [0.1, 0.15) is 39.0 Å². The fourth-order valence-corrected chi connectivity index (χ4v) is 3.51. The van der Waals surface area contributed by atoms with Crippen LogP contribution in [0.25, 0.3) is 0 Å². The van der Waals surface area contributed by atoms with E-state index in [-0.39, 0.29) is 17.1 Å². The highest BCUT2D eigenvalue weighted by atomic mass is 28.4. The number of nitrogens with one attached hydrogen (secondary N) is 1. The van der Waals surface area contributed by atoms with Crippen molar-refractivity contribution in [2.24, 2.45) is 5.92 Å². The van der Waals surface area contributed by atoms with E-state index in [0.717, 1.165) is 0 Å². The van der Waals surface area contributed by atoms with E-state index in [9.17, 15) is 14.9 Å². The van der Waals surface area contributed by atoms with Crippen molar-refractivity contribution in [3.05, 3.63) is 32.6 Å². The van der Waals surface area contributed by atoms with Crippen LogP contribution in [0.3, 0.4) is 0 Å². The van der Waals surface area contributed by atoms with Crippen molar-refractivity contribution in [2.45, 2.75) is 64.6 Å². The van der Waals surface area contributed by atoms with E-state index < -0.39 is 25.8 Å². The molecule has 1 aliphatic rings. The Kier molecular flexibility index (Phi) is 5.42. The second-order valence-corrected chi connectivity index (χ2v) is 13.0. The summed E-state index contributed by atoms with van der Waals surface area (Å²) in [5.74, 6) is -0.353. The van der Waals surface area contributed by atoms with Crippen LogP contribution >= 0.6 is 0 Å². The minimum atomic E-state index is -1.95. The number of rotatable bonds is 4. The van der Waals surface area contributed by atoms with Gasteiger partial charge in [-0.25, -0.2) is 4.79 Å². The Morgan fingerprint density at radius 2 is 2.08 bits per heavy atom. The van der Waals surface area contributed by atoms with Crippen molar-refractivity contribution in [1.82, 2.24) is 9.55 Å². The number of ether oxygens (including phenoxy) is 1. The lowest BCUT2D eigenvalue weighted by atomic mass is 10.0. The highest BCUT2D eigenvalue weighted by Crippen LogP contribution is 2.38. The van der Waals surface area contributed by atoms with E-state index in [2.05, 4.69) is 44.9 Å². The highest BCUT2D eigenvalue weighted by molar-refractivity contribution is 6.74. The van der Waals surface area contributed by atoms with Gasteiger partial charge >= 0.3 is 5.69 Å². The highest BCUT2D eigenvalue weighted by Gasteiger charge is 2.41. The Morgan fingerprint density at radius 1 is 1.44 bits per heavy atom. The predicted molar refractivity (Wildman–Crippen MR) is 96.8 cm³/mol. The standard InChI is InChI=1S/C17H27N3O4Si/c1-11-9-20(16(22)19-15(11)21)14-7-12(8-18)13(24-14)10-23-25(5,6)17(2,3)4/h9,12-14H,7,10H2,1-6H3,(H,19,21,22)/t12-,13-,14-/m1/s1. The molecule has 0 aliphatic carbocycles. The van der Waals surface area contributed by atoms with Crippen molar-refractivity contribution in [2.75, 3.05) is 6.61 Å².